The van der Waals surface area contributed by atoms with Crippen LogP contribution in [0.1, 0.15) is 64.7 Å². The number of carbonyl (C=O) groups excluding carboxylic acids is 2. The van der Waals surface area contributed by atoms with E-state index in [0.717, 1.165) is 17.5 Å². The number of aryl methyl sites for hydroxylation is 1. The van der Waals surface area contributed by atoms with Crippen LogP contribution >= 0.6 is 0 Å². The largest absolute Gasteiger partial charge is 0.484 e. The highest BCUT2D eigenvalue weighted by molar-refractivity contribution is 5.88. The molecule has 5 nitrogen and oxygen atoms in total. The SMILES string of the molecule is CC[C@H](C)NC(=O)[C@H](C)N(Cc1ccccc1C)C(=O)COc1ccc(C(C)(C)C)cc1. The topological polar surface area (TPSA) is 58.6 Å². The number of nitrogens with one attached hydrogen (secondary N) is 1. The predicted octanol–water partition coefficient (Wildman–Crippen LogP) is 5.00. The fraction of sp³-hybridized carbons (Fsp3) is 0.481. The van der Waals surface area contributed by atoms with Crippen LogP contribution in [0, 0.1) is 6.92 Å². The van der Waals surface area contributed by atoms with E-state index in [2.05, 4.69) is 26.1 Å². The number of hydrogen-bond acceptors (Lipinski definition) is 3. The summed E-state index contributed by atoms with van der Waals surface area (Å²) in [5.41, 5.74) is 3.35. The van der Waals surface area contributed by atoms with Crippen molar-refractivity contribution in [1.29, 1.82) is 0 Å². The Morgan fingerprint density at radius 3 is 2.22 bits per heavy atom. The van der Waals surface area contributed by atoms with Crippen molar-refractivity contribution < 1.29 is 14.3 Å². The Hall–Kier alpha value is -2.82. The van der Waals surface area contributed by atoms with Crippen molar-refractivity contribution in [2.24, 2.45) is 0 Å². The summed E-state index contributed by atoms with van der Waals surface area (Å²) in [5, 5.41) is 2.99. The molecule has 0 aliphatic heterocycles. The molecular weight excluding hydrogens is 400 g/mol. The normalized spacial score (nSPS) is 13.2. The molecule has 0 aliphatic rings. The Morgan fingerprint density at radius 2 is 1.66 bits per heavy atom. The summed E-state index contributed by atoms with van der Waals surface area (Å²) in [7, 11) is 0. The number of amides is 2. The van der Waals surface area contributed by atoms with E-state index in [4.69, 9.17) is 4.74 Å². The molecule has 1 N–H and O–H groups in total. The molecule has 2 rings (SSSR count). The van der Waals surface area contributed by atoms with Crippen LogP contribution in [0.5, 0.6) is 5.75 Å². The van der Waals surface area contributed by atoms with E-state index < -0.39 is 6.04 Å². The average molecular weight is 439 g/mol. The molecule has 0 fully saturated rings. The minimum absolute atomic E-state index is 0.0527. The number of ether oxygens (including phenoxy) is 1. The van der Waals surface area contributed by atoms with Gasteiger partial charge in [-0.2, -0.15) is 0 Å². The first-order valence-corrected chi connectivity index (χ1v) is 11.4. The molecule has 0 bridgehead atoms. The molecule has 32 heavy (non-hydrogen) atoms. The predicted molar refractivity (Wildman–Crippen MR) is 130 cm³/mol. The molecule has 2 amide bonds. The van der Waals surface area contributed by atoms with E-state index in [0.29, 0.717) is 12.3 Å². The van der Waals surface area contributed by atoms with Gasteiger partial charge in [0.25, 0.3) is 5.91 Å². The molecule has 2 aromatic carbocycles. The van der Waals surface area contributed by atoms with Crippen molar-refractivity contribution in [2.75, 3.05) is 6.61 Å². The van der Waals surface area contributed by atoms with E-state index in [1.807, 2.05) is 69.3 Å². The van der Waals surface area contributed by atoms with Crippen molar-refractivity contribution in [1.82, 2.24) is 10.2 Å². The standard InChI is InChI=1S/C27H38N2O3/c1-8-20(3)28-26(31)21(4)29(17-22-12-10-9-11-19(22)2)25(30)18-32-24-15-13-23(14-16-24)27(5,6)7/h9-16,20-21H,8,17-18H2,1-7H3,(H,28,31)/t20-,21-/m0/s1. The monoisotopic (exact) mass is 438 g/mol. The van der Waals surface area contributed by atoms with Crippen LogP contribution in [0.3, 0.4) is 0 Å². The van der Waals surface area contributed by atoms with Crippen molar-refractivity contribution in [3.05, 3.63) is 65.2 Å². The van der Waals surface area contributed by atoms with E-state index in [9.17, 15) is 9.59 Å². The highest BCUT2D eigenvalue weighted by atomic mass is 16.5. The summed E-state index contributed by atoms with van der Waals surface area (Å²) >= 11 is 0. The van der Waals surface area contributed by atoms with Gasteiger partial charge in [0.2, 0.25) is 5.91 Å². The summed E-state index contributed by atoms with van der Waals surface area (Å²) in [6, 6.07) is 15.2. The number of carbonyl (C=O) groups is 2. The molecule has 0 unspecified atom stereocenters. The third-order valence-electron chi connectivity index (χ3n) is 5.85. The minimum Gasteiger partial charge on any atom is -0.484 e. The molecule has 0 aliphatic carbocycles. The van der Waals surface area contributed by atoms with Crippen LogP contribution in [0.4, 0.5) is 0 Å². The van der Waals surface area contributed by atoms with Crippen molar-refractivity contribution in [3.63, 3.8) is 0 Å². The van der Waals surface area contributed by atoms with Crippen LogP contribution in [-0.4, -0.2) is 35.4 Å². The molecule has 2 atom stereocenters. The second-order valence-corrected chi connectivity index (χ2v) is 9.51. The maximum Gasteiger partial charge on any atom is 0.261 e. The van der Waals surface area contributed by atoms with Gasteiger partial charge < -0.3 is 15.0 Å². The third-order valence-corrected chi connectivity index (χ3v) is 5.85. The smallest absolute Gasteiger partial charge is 0.261 e. The lowest BCUT2D eigenvalue weighted by Gasteiger charge is -2.30. The van der Waals surface area contributed by atoms with Crippen LogP contribution in [-0.2, 0) is 21.5 Å². The van der Waals surface area contributed by atoms with Crippen molar-refractivity contribution in [3.8, 4) is 5.75 Å². The van der Waals surface area contributed by atoms with E-state index in [1.165, 1.54) is 5.56 Å². The lowest BCUT2D eigenvalue weighted by molar-refractivity contribution is -0.142. The van der Waals surface area contributed by atoms with Gasteiger partial charge in [0.05, 0.1) is 0 Å². The summed E-state index contributed by atoms with van der Waals surface area (Å²) in [4.78, 5) is 27.6. The molecule has 2 aromatic rings. The second kappa shape index (κ2) is 11.2. The molecular formula is C27H38N2O3. The van der Waals surface area contributed by atoms with Crippen molar-refractivity contribution >= 4 is 11.8 Å². The van der Waals surface area contributed by atoms with Crippen LogP contribution in [0.25, 0.3) is 0 Å². The Bertz CT molecular complexity index is 900. The van der Waals surface area contributed by atoms with Crippen LogP contribution in [0.15, 0.2) is 48.5 Å². The summed E-state index contributed by atoms with van der Waals surface area (Å²) in [6.45, 7) is 14.5. The van der Waals surface area contributed by atoms with Gasteiger partial charge in [-0.1, -0.05) is 64.1 Å². The van der Waals surface area contributed by atoms with Gasteiger partial charge in [-0.05, 0) is 61.4 Å². The molecule has 0 saturated heterocycles. The van der Waals surface area contributed by atoms with Gasteiger partial charge in [0.15, 0.2) is 6.61 Å². The zero-order valence-corrected chi connectivity index (χ0v) is 20.6. The first-order chi connectivity index (χ1) is 15.0. The maximum atomic E-state index is 13.2. The van der Waals surface area contributed by atoms with Gasteiger partial charge >= 0.3 is 0 Å². The number of benzene rings is 2. The quantitative estimate of drug-likeness (QED) is 0.599. The number of hydrogen-bond donors (Lipinski definition) is 1. The fourth-order valence-electron chi connectivity index (χ4n) is 3.30. The molecule has 0 saturated carbocycles. The molecule has 0 radical (unpaired) electrons. The Morgan fingerprint density at radius 1 is 1.03 bits per heavy atom. The lowest BCUT2D eigenvalue weighted by atomic mass is 9.87. The minimum atomic E-state index is -0.608. The van der Waals surface area contributed by atoms with Crippen molar-refractivity contribution in [2.45, 2.75) is 78.9 Å². The highest BCUT2D eigenvalue weighted by Gasteiger charge is 2.27. The fourth-order valence-corrected chi connectivity index (χ4v) is 3.30. The van der Waals surface area contributed by atoms with Gasteiger partial charge in [-0.15, -0.1) is 0 Å². The Labute approximate surface area is 193 Å². The molecule has 174 valence electrons. The third kappa shape index (κ3) is 7.11. The maximum absolute atomic E-state index is 13.2. The highest BCUT2D eigenvalue weighted by Crippen LogP contribution is 2.24. The summed E-state index contributed by atoms with van der Waals surface area (Å²) in [6.07, 6.45) is 0.831. The van der Waals surface area contributed by atoms with Crippen LogP contribution < -0.4 is 10.1 Å². The number of rotatable bonds is 9. The lowest BCUT2D eigenvalue weighted by Crippen LogP contribution is -2.50. The van der Waals surface area contributed by atoms with E-state index in [1.54, 1.807) is 11.8 Å². The molecule has 5 heteroatoms. The van der Waals surface area contributed by atoms with Gasteiger partial charge in [0, 0.05) is 12.6 Å². The van der Waals surface area contributed by atoms with Crippen LogP contribution in [0.2, 0.25) is 0 Å². The Balaban J connectivity index is 2.15. The molecule has 0 spiro atoms. The molecule has 0 heterocycles. The summed E-state index contributed by atoms with van der Waals surface area (Å²) < 4.78 is 5.79. The van der Waals surface area contributed by atoms with E-state index in [-0.39, 0.29) is 29.9 Å². The molecule has 0 aromatic heterocycles. The zero-order valence-electron chi connectivity index (χ0n) is 20.6. The zero-order chi connectivity index (χ0) is 23.9. The number of nitrogens with zero attached hydrogens (tertiary/aromatic N) is 1. The Kier molecular flexibility index (Phi) is 8.88. The average Bonchev–Trinajstić information content (AvgIpc) is 2.76. The first kappa shape index (κ1) is 25.4. The van der Waals surface area contributed by atoms with Gasteiger partial charge in [-0.25, -0.2) is 0 Å². The van der Waals surface area contributed by atoms with Gasteiger partial charge in [-0.3, -0.25) is 9.59 Å². The van der Waals surface area contributed by atoms with Gasteiger partial charge in [0.1, 0.15) is 11.8 Å². The second-order valence-electron chi connectivity index (χ2n) is 9.51. The van der Waals surface area contributed by atoms with E-state index >= 15 is 0 Å². The first-order valence-electron chi connectivity index (χ1n) is 11.4. The summed E-state index contributed by atoms with van der Waals surface area (Å²) in [5.74, 6) is 0.259.